The van der Waals surface area contributed by atoms with Gasteiger partial charge in [0, 0.05) is 7.05 Å². The molecular formula is C13H24N4O5. The van der Waals surface area contributed by atoms with Crippen molar-refractivity contribution in [3.05, 3.63) is 0 Å². The number of likely N-dealkylation sites (N-methyl/N-ethyl adjacent to an activating group) is 1. The van der Waals surface area contributed by atoms with E-state index in [1.807, 2.05) is 0 Å². The summed E-state index contributed by atoms with van der Waals surface area (Å²) in [5, 5.41) is 5.05. The average molecular weight is 316 g/mol. The minimum atomic E-state index is -1.51. The van der Waals surface area contributed by atoms with Crippen molar-refractivity contribution in [2.75, 3.05) is 14.2 Å². The van der Waals surface area contributed by atoms with Crippen LogP contribution in [0, 0.1) is 0 Å². The van der Waals surface area contributed by atoms with Gasteiger partial charge in [0.15, 0.2) is 0 Å². The van der Waals surface area contributed by atoms with E-state index in [4.69, 9.17) is 14.4 Å². The van der Waals surface area contributed by atoms with E-state index in [0.717, 1.165) is 0 Å². The zero-order chi connectivity index (χ0) is 17.1. The maximum atomic E-state index is 12.5. The van der Waals surface area contributed by atoms with Crippen LogP contribution in [0.15, 0.2) is 5.16 Å². The lowest BCUT2D eigenvalue weighted by Gasteiger charge is -2.29. The normalized spacial score (nSPS) is 26.1. The lowest BCUT2D eigenvalue weighted by molar-refractivity contribution is -0.148. The van der Waals surface area contributed by atoms with Crippen LogP contribution in [-0.2, 0) is 19.2 Å². The van der Waals surface area contributed by atoms with Gasteiger partial charge in [0.25, 0.3) is 5.91 Å². The first kappa shape index (κ1) is 18.2. The van der Waals surface area contributed by atoms with Gasteiger partial charge in [-0.25, -0.2) is 15.1 Å². The highest BCUT2D eigenvalue weighted by atomic mass is 16.7. The third-order valence-corrected chi connectivity index (χ3v) is 3.08. The number of hydrogen-bond acceptors (Lipinski definition) is 7. The number of oxime groups is 1. The SMILES string of the molecule is CO/N=C(\C)C1(ONC(=O)OC(C)(C)C)C(=O)N(C)NC1C. The summed E-state index contributed by atoms with van der Waals surface area (Å²) in [4.78, 5) is 34.4. The number of carbonyl (C=O) groups excluding carboxylic acids is 2. The highest BCUT2D eigenvalue weighted by Crippen LogP contribution is 2.26. The molecule has 1 aliphatic rings. The van der Waals surface area contributed by atoms with Crippen molar-refractivity contribution in [3.63, 3.8) is 0 Å². The molecular weight excluding hydrogens is 292 g/mol. The van der Waals surface area contributed by atoms with Gasteiger partial charge in [-0.1, -0.05) is 5.16 Å². The Morgan fingerprint density at radius 2 is 2.05 bits per heavy atom. The van der Waals surface area contributed by atoms with E-state index in [1.165, 1.54) is 12.1 Å². The zero-order valence-electron chi connectivity index (χ0n) is 14.0. The summed E-state index contributed by atoms with van der Waals surface area (Å²) in [5.41, 5.74) is 3.12. The Hall–Kier alpha value is -1.87. The monoisotopic (exact) mass is 316 g/mol. The number of amides is 2. The van der Waals surface area contributed by atoms with Gasteiger partial charge in [0.2, 0.25) is 5.60 Å². The number of ether oxygens (including phenoxy) is 1. The van der Waals surface area contributed by atoms with Crippen LogP contribution in [0.25, 0.3) is 0 Å². The Balaban J connectivity index is 2.97. The Morgan fingerprint density at radius 3 is 2.45 bits per heavy atom. The van der Waals surface area contributed by atoms with Crippen molar-refractivity contribution in [1.29, 1.82) is 0 Å². The van der Waals surface area contributed by atoms with Crippen molar-refractivity contribution in [2.24, 2.45) is 5.16 Å². The van der Waals surface area contributed by atoms with E-state index in [2.05, 4.69) is 16.1 Å². The highest BCUT2D eigenvalue weighted by molar-refractivity contribution is 6.12. The van der Waals surface area contributed by atoms with Crippen LogP contribution in [0.4, 0.5) is 4.79 Å². The Labute approximate surface area is 129 Å². The molecule has 1 saturated heterocycles. The topological polar surface area (TPSA) is 101 Å². The van der Waals surface area contributed by atoms with E-state index < -0.39 is 29.2 Å². The molecule has 0 aromatic rings. The molecule has 0 aromatic carbocycles. The van der Waals surface area contributed by atoms with E-state index >= 15 is 0 Å². The minimum Gasteiger partial charge on any atom is -0.442 e. The van der Waals surface area contributed by atoms with E-state index in [-0.39, 0.29) is 5.71 Å². The maximum absolute atomic E-state index is 12.5. The maximum Gasteiger partial charge on any atom is 0.431 e. The first-order valence-corrected chi connectivity index (χ1v) is 6.84. The smallest absolute Gasteiger partial charge is 0.431 e. The molecule has 0 aromatic heterocycles. The van der Waals surface area contributed by atoms with Gasteiger partial charge in [0.05, 0.1) is 11.8 Å². The first-order valence-electron chi connectivity index (χ1n) is 6.84. The molecule has 2 N–H and O–H groups in total. The third-order valence-electron chi connectivity index (χ3n) is 3.08. The molecule has 2 atom stereocenters. The molecule has 0 spiro atoms. The molecule has 9 nitrogen and oxygen atoms in total. The fraction of sp³-hybridized carbons (Fsp3) is 0.769. The molecule has 1 aliphatic heterocycles. The molecule has 126 valence electrons. The summed E-state index contributed by atoms with van der Waals surface area (Å²) in [6.07, 6.45) is -0.799. The van der Waals surface area contributed by atoms with Gasteiger partial charge in [-0.3, -0.25) is 9.80 Å². The fourth-order valence-corrected chi connectivity index (χ4v) is 2.17. The van der Waals surface area contributed by atoms with Gasteiger partial charge < -0.3 is 9.57 Å². The lowest BCUT2D eigenvalue weighted by Crippen LogP contribution is -2.57. The van der Waals surface area contributed by atoms with Crippen molar-refractivity contribution in [2.45, 2.75) is 51.9 Å². The second-order valence-electron chi connectivity index (χ2n) is 6.02. The number of hydrazine groups is 1. The number of rotatable bonds is 4. The van der Waals surface area contributed by atoms with Crippen molar-refractivity contribution in [3.8, 4) is 0 Å². The molecule has 0 saturated carbocycles. The summed E-state index contributed by atoms with van der Waals surface area (Å²) in [6, 6.07) is -0.473. The number of hydroxylamine groups is 1. The number of hydrogen-bond donors (Lipinski definition) is 2. The van der Waals surface area contributed by atoms with Crippen molar-refractivity contribution < 1.29 is 24.0 Å². The van der Waals surface area contributed by atoms with Gasteiger partial charge in [-0.15, -0.1) is 0 Å². The lowest BCUT2D eigenvalue weighted by atomic mass is 9.91. The largest absolute Gasteiger partial charge is 0.442 e. The quantitative estimate of drug-likeness (QED) is 0.581. The number of carbonyl (C=O) groups is 2. The Bertz CT molecular complexity index is 474. The number of nitrogens with one attached hydrogen (secondary N) is 2. The van der Waals surface area contributed by atoms with Crippen LogP contribution >= 0.6 is 0 Å². The van der Waals surface area contributed by atoms with Gasteiger partial charge in [-0.2, -0.15) is 5.48 Å². The summed E-state index contributed by atoms with van der Waals surface area (Å²) in [7, 11) is 2.91. The molecule has 22 heavy (non-hydrogen) atoms. The standard InChI is InChI=1S/C13H24N4O5/c1-8-13(9(2)15-20-7,10(18)17(6)14-8)22-16-11(19)21-12(3,4)5/h8,14H,1-7H3,(H,16,19)/b15-9+. The first-order chi connectivity index (χ1) is 10.0. The van der Waals surface area contributed by atoms with Gasteiger partial charge in [-0.05, 0) is 34.6 Å². The van der Waals surface area contributed by atoms with Crippen LogP contribution in [0.3, 0.4) is 0 Å². The van der Waals surface area contributed by atoms with E-state index in [1.54, 1.807) is 41.7 Å². The third kappa shape index (κ3) is 3.66. The summed E-state index contributed by atoms with van der Waals surface area (Å²) in [6.45, 7) is 8.47. The van der Waals surface area contributed by atoms with Crippen LogP contribution in [0.2, 0.25) is 0 Å². The average Bonchev–Trinajstić information content (AvgIpc) is 2.57. The van der Waals surface area contributed by atoms with Crippen LogP contribution in [0.1, 0.15) is 34.6 Å². The fourth-order valence-electron chi connectivity index (χ4n) is 2.17. The molecule has 0 bridgehead atoms. The second kappa shape index (κ2) is 6.49. The minimum absolute atomic E-state index is 0.264. The molecule has 1 fully saturated rings. The molecule has 0 radical (unpaired) electrons. The van der Waals surface area contributed by atoms with Crippen molar-refractivity contribution in [1.82, 2.24) is 15.9 Å². The van der Waals surface area contributed by atoms with E-state index in [0.29, 0.717) is 0 Å². The number of nitrogens with zero attached hydrogens (tertiary/aromatic N) is 2. The Kier molecular flexibility index (Phi) is 5.36. The van der Waals surface area contributed by atoms with Crippen molar-refractivity contribution >= 4 is 17.7 Å². The molecule has 0 aliphatic carbocycles. The van der Waals surface area contributed by atoms with Crippen LogP contribution in [-0.4, -0.2) is 54.1 Å². The zero-order valence-corrected chi connectivity index (χ0v) is 14.0. The predicted molar refractivity (Wildman–Crippen MR) is 78.7 cm³/mol. The van der Waals surface area contributed by atoms with E-state index in [9.17, 15) is 9.59 Å². The predicted octanol–water partition coefficient (Wildman–Crippen LogP) is 0.569. The molecule has 1 heterocycles. The van der Waals surface area contributed by atoms with Crippen LogP contribution < -0.4 is 10.9 Å². The van der Waals surface area contributed by atoms with Gasteiger partial charge in [0.1, 0.15) is 12.7 Å². The Morgan fingerprint density at radius 1 is 1.45 bits per heavy atom. The van der Waals surface area contributed by atoms with Gasteiger partial charge >= 0.3 is 6.09 Å². The summed E-state index contributed by atoms with van der Waals surface area (Å²) >= 11 is 0. The molecule has 2 unspecified atom stereocenters. The summed E-state index contributed by atoms with van der Waals surface area (Å²) in [5.74, 6) is -0.408. The molecule has 1 rings (SSSR count). The molecule has 9 heteroatoms. The van der Waals surface area contributed by atoms with Crippen LogP contribution in [0.5, 0.6) is 0 Å². The summed E-state index contributed by atoms with van der Waals surface area (Å²) < 4.78 is 5.09. The second-order valence-corrected chi connectivity index (χ2v) is 6.02. The highest BCUT2D eigenvalue weighted by Gasteiger charge is 2.57. The molecule has 2 amide bonds.